The van der Waals surface area contributed by atoms with E-state index < -0.39 is 0 Å². The zero-order valence-electron chi connectivity index (χ0n) is 14.5. The molecule has 130 valence electrons. The molecule has 1 aliphatic rings. The predicted molar refractivity (Wildman–Crippen MR) is 99.8 cm³/mol. The summed E-state index contributed by atoms with van der Waals surface area (Å²) in [4.78, 5) is 28.1. The first-order chi connectivity index (χ1) is 12.0. The fraction of sp³-hybridized carbons (Fsp3) is 0.300. The van der Waals surface area contributed by atoms with Gasteiger partial charge in [-0.05, 0) is 42.2 Å². The minimum absolute atomic E-state index is 0.0247. The van der Waals surface area contributed by atoms with Gasteiger partial charge in [0.25, 0.3) is 0 Å². The summed E-state index contributed by atoms with van der Waals surface area (Å²) in [6, 6.07) is 13.6. The molecule has 0 N–H and O–H groups in total. The van der Waals surface area contributed by atoms with Gasteiger partial charge < -0.3 is 9.80 Å². The SMILES string of the molecule is CC(=O)N(CC(=O)N1CCc2ccccc2C1)c1ccc(C)c(Cl)c1. The zero-order chi connectivity index (χ0) is 18.0. The third-order valence-corrected chi connectivity index (χ3v) is 5.03. The van der Waals surface area contributed by atoms with Gasteiger partial charge in [0.15, 0.2) is 0 Å². The van der Waals surface area contributed by atoms with Crippen molar-refractivity contribution in [2.75, 3.05) is 18.0 Å². The highest BCUT2D eigenvalue weighted by molar-refractivity contribution is 6.31. The van der Waals surface area contributed by atoms with E-state index in [0.717, 1.165) is 12.0 Å². The van der Waals surface area contributed by atoms with E-state index in [1.807, 2.05) is 36.1 Å². The van der Waals surface area contributed by atoms with Crippen molar-refractivity contribution in [2.45, 2.75) is 26.8 Å². The normalized spacial score (nSPS) is 13.3. The predicted octanol–water partition coefficient (Wildman–Crippen LogP) is 3.59. The van der Waals surface area contributed by atoms with Crippen molar-refractivity contribution in [3.05, 3.63) is 64.2 Å². The molecule has 0 aliphatic carbocycles. The smallest absolute Gasteiger partial charge is 0.242 e. The van der Waals surface area contributed by atoms with Crippen LogP contribution >= 0.6 is 11.6 Å². The molecule has 0 saturated carbocycles. The molecule has 1 heterocycles. The van der Waals surface area contributed by atoms with E-state index in [1.54, 1.807) is 6.07 Å². The van der Waals surface area contributed by atoms with Crippen molar-refractivity contribution in [1.82, 2.24) is 4.90 Å². The van der Waals surface area contributed by atoms with Gasteiger partial charge in [-0.15, -0.1) is 0 Å². The van der Waals surface area contributed by atoms with Gasteiger partial charge in [-0.2, -0.15) is 0 Å². The van der Waals surface area contributed by atoms with Gasteiger partial charge >= 0.3 is 0 Å². The van der Waals surface area contributed by atoms with Crippen LogP contribution in [0.5, 0.6) is 0 Å². The van der Waals surface area contributed by atoms with Crippen LogP contribution in [0, 0.1) is 6.92 Å². The summed E-state index contributed by atoms with van der Waals surface area (Å²) in [6.07, 6.45) is 0.846. The van der Waals surface area contributed by atoms with Gasteiger partial charge in [0, 0.05) is 30.7 Å². The Hall–Kier alpha value is -2.33. The first-order valence-corrected chi connectivity index (χ1v) is 8.72. The van der Waals surface area contributed by atoms with E-state index in [4.69, 9.17) is 11.6 Å². The lowest BCUT2D eigenvalue weighted by atomic mass is 10.00. The van der Waals surface area contributed by atoms with Gasteiger partial charge in [0.2, 0.25) is 11.8 Å². The van der Waals surface area contributed by atoms with Gasteiger partial charge in [-0.1, -0.05) is 41.9 Å². The van der Waals surface area contributed by atoms with Crippen LogP contribution in [0.25, 0.3) is 0 Å². The second kappa shape index (κ2) is 7.28. The highest BCUT2D eigenvalue weighted by Gasteiger charge is 2.24. The molecular formula is C20H21ClN2O2. The van der Waals surface area contributed by atoms with Crippen molar-refractivity contribution in [2.24, 2.45) is 0 Å². The standard InChI is InChI=1S/C20H21ClN2O2/c1-14-7-8-18(11-19(14)21)23(15(2)24)13-20(25)22-10-9-16-5-3-4-6-17(16)12-22/h3-8,11H,9-10,12-13H2,1-2H3. The highest BCUT2D eigenvalue weighted by atomic mass is 35.5. The van der Waals surface area contributed by atoms with Gasteiger partial charge in [-0.3, -0.25) is 9.59 Å². The van der Waals surface area contributed by atoms with Crippen LogP contribution in [0.15, 0.2) is 42.5 Å². The van der Waals surface area contributed by atoms with E-state index in [0.29, 0.717) is 23.8 Å². The molecule has 2 amide bonds. The average Bonchev–Trinajstić information content (AvgIpc) is 2.61. The van der Waals surface area contributed by atoms with Gasteiger partial charge in [0.05, 0.1) is 0 Å². The molecule has 4 nitrogen and oxygen atoms in total. The summed E-state index contributed by atoms with van der Waals surface area (Å²) in [7, 11) is 0. The molecule has 3 rings (SSSR count). The summed E-state index contributed by atoms with van der Waals surface area (Å²) in [5.74, 6) is -0.230. The Morgan fingerprint density at radius 2 is 1.88 bits per heavy atom. The molecule has 0 unspecified atom stereocenters. The molecule has 0 aromatic heterocycles. The molecule has 2 aromatic carbocycles. The number of anilines is 1. The first-order valence-electron chi connectivity index (χ1n) is 8.34. The lowest BCUT2D eigenvalue weighted by molar-refractivity contribution is -0.132. The monoisotopic (exact) mass is 356 g/mol. The number of benzene rings is 2. The summed E-state index contributed by atoms with van der Waals surface area (Å²) in [5.41, 5.74) is 4.05. The average molecular weight is 357 g/mol. The second-order valence-corrected chi connectivity index (χ2v) is 6.78. The Balaban J connectivity index is 1.75. The first kappa shape index (κ1) is 17.5. The largest absolute Gasteiger partial charge is 0.336 e. The summed E-state index contributed by atoms with van der Waals surface area (Å²) >= 11 is 6.17. The number of carbonyl (C=O) groups excluding carboxylic acids is 2. The number of rotatable bonds is 3. The van der Waals surface area contributed by atoms with Crippen LogP contribution in [0.4, 0.5) is 5.69 Å². The number of carbonyl (C=O) groups is 2. The van der Waals surface area contributed by atoms with Crippen LogP contribution in [0.1, 0.15) is 23.6 Å². The molecule has 0 radical (unpaired) electrons. The van der Waals surface area contributed by atoms with Crippen LogP contribution in [0.3, 0.4) is 0 Å². The van der Waals surface area contributed by atoms with Gasteiger partial charge in [-0.25, -0.2) is 0 Å². The molecule has 0 atom stereocenters. The molecule has 0 fully saturated rings. The highest BCUT2D eigenvalue weighted by Crippen LogP contribution is 2.24. The van der Waals surface area contributed by atoms with E-state index in [2.05, 4.69) is 12.1 Å². The maximum atomic E-state index is 12.7. The number of hydrogen-bond donors (Lipinski definition) is 0. The number of nitrogens with zero attached hydrogens (tertiary/aromatic N) is 2. The maximum absolute atomic E-state index is 12.7. The molecule has 25 heavy (non-hydrogen) atoms. The minimum Gasteiger partial charge on any atom is -0.336 e. The number of amides is 2. The van der Waals surface area contributed by atoms with E-state index >= 15 is 0 Å². The Morgan fingerprint density at radius 3 is 2.56 bits per heavy atom. The van der Waals surface area contributed by atoms with Crippen LogP contribution < -0.4 is 4.90 Å². The van der Waals surface area contributed by atoms with Crippen molar-refractivity contribution in [1.29, 1.82) is 0 Å². The van der Waals surface area contributed by atoms with Crippen molar-refractivity contribution >= 4 is 29.1 Å². The van der Waals surface area contributed by atoms with E-state index in [9.17, 15) is 9.59 Å². The maximum Gasteiger partial charge on any atom is 0.242 e. The van der Waals surface area contributed by atoms with E-state index in [-0.39, 0.29) is 18.4 Å². The van der Waals surface area contributed by atoms with Crippen molar-refractivity contribution in [3.8, 4) is 0 Å². The number of aryl methyl sites for hydroxylation is 1. The molecule has 0 spiro atoms. The Bertz CT molecular complexity index is 819. The van der Waals surface area contributed by atoms with Crippen LogP contribution in [-0.2, 0) is 22.6 Å². The summed E-state index contributed by atoms with van der Waals surface area (Å²) < 4.78 is 0. The molecular weight excluding hydrogens is 336 g/mol. The Kier molecular flexibility index (Phi) is 5.09. The molecule has 1 aliphatic heterocycles. The third-order valence-electron chi connectivity index (χ3n) is 4.62. The van der Waals surface area contributed by atoms with Crippen molar-refractivity contribution in [3.63, 3.8) is 0 Å². The quantitative estimate of drug-likeness (QED) is 0.843. The lowest BCUT2D eigenvalue weighted by Crippen LogP contribution is -2.44. The van der Waals surface area contributed by atoms with Gasteiger partial charge in [0.1, 0.15) is 6.54 Å². The zero-order valence-corrected chi connectivity index (χ0v) is 15.2. The topological polar surface area (TPSA) is 40.6 Å². The number of fused-ring (bicyclic) bond motifs is 1. The molecule has 0 saturated heterocycles. The lowest BCUT2D eigenvalue weighted by Gasteiger charge is -2.31. The Morgan fingerprint density at radius 1 is 1.16 bits per heavy atom. The molecule has 5 heteroatoms. The van der Waals surface area contributed by atoms with Crippen LogP contribution in [0.2, 0.25) is 5.02 Å². The summed E-state index contributed by atoms with van der Waals surface area (Å²) in [5, 5.41) is 0.586. The van der Waals surface area contributed by atoms with E-state index in [1.165, 1.54) is 23.0 Å². The second-order valence-electron chi connectivity index (χ2n) is 6.37. The van der Waals surface area contributed by atoms with Crippen molar-refractivity contribution < 1.29 is 9.59 Å². The minimum atomic E-state index is -0.175. The Labute approximate surface area is 153 Å². The number of halogens is 1. The fourth-order valence-corrected chi connectivity index (χ4v) is 3.25. The fourth-order valence-electron chi connectivity index (χ4n) is 3.08. The third kappa shape index (κ3) is 3.85. The molecule has 2 aromatic rings. The van der Waals surface area contributed by atoms with Crippen LogP contribution in [-0.4, -0.2) is 29.8 Å². The molecule has 0 bridgehead atoms. The number of hydrogen-bond acceptors (Lipinski definition) is 2. The summed E-state index contributed by atoms with van der Waals surface area (Å²) in [6.45, 7) is 4.66.